The van der Waals surface area contributed by atoms with Crippen molar-refractivity contribution < 1.29 is 9.90 Å². The number of amides is 1. The van der Waals surface area contributed by atoms with Gasteiger partial charge in [-0.1, -0.05) is 22.9 Å². The van der Waals surface area contributed by atoms with Crippen LogP contribution in [0.2, 0.25) is 0 Å². The molecule has 0 saturated heterocycles. The van der Waals surface area contributed by atoms with E-state index in [0.717, 1.165) is 15.4 Å². The summed E-state index contributed by atoms with van der Waals surface area (Å²) in [5.74, 6) is -0.0553. The lowest BCUT2D eigenvalue weighted by molar-refractivity contribution is 0.0721. The number of rotatable bonds is 5. The summed E-state index contributed by atoms with van der Waals surface area (Å²) in [5.41, 5.74) is 0.620. The number of halogens is 2. The number of hydrogen-bond acceptors (Lipinski definition) is 2. The third-order valence-electron chi connectivity index (χ3n) is 2.31. The van der Waals surface area contributed by atoms with Crippen LogP contribution in [0.15, 0.2) is 27.1 Å². The molecule has 0 atom stereocenters. The molecule has 1 aromatic carbocycles. The van der Waals surface area contributed by atoms with E-state index in [2.05, 4.69) is 31.9 Å². The van der Waals surface area contributed by atoms with E-state index >= 15 is 0 Å². The molecule has 0 saturated carbocycles. The number of nitrogens with zero attached hydrogens (tertiary/aromatic N) is 1. The van der Waals surface area contributed by atoms with E-state index < -0.39 is 0 Å². The maximum absolute atomic E-state index is 12.2. The van der Waals surface area contributed by atoms with Gasteiger partial charge in [0.2, 0.25) is 0 Å². The molecule has 0 fully saturated rings. The van der Waals surface area contributed by atoms with Gasteiger partial charge in [-0.3, -0.25) is 4.79 Å². The van der Waals surface area contributed by atoms with Crippen LogP contribution in [0.25, 0.3) is 0 Å². The second kappa shape index (κ2) is 7.13. The van der Waals surface area contributed by atoms with Crippen LogP contribution in [0.1, 0.15) is 23.7 Å². The van der Waals surface area contributed by atoms with Crippen LogP contribution >= 0.6 is 31.9 Å². The zero-order chi connectivity index (χ0) is 12.8. The Labute approximate surface area is 118 Å². The second-order valence-electron chi connectivity index (χ2n) is 3.64. The van der Waals surface area contributed by atoms with E-state index in [4.69, 9.17) is 5.11 Å². The lowest BCUT2D eigenvalue weighted by Gasteiger charge is -2.21. The lowest BCUT2D eigenvalue weighted by atomic mass is 10.2. The van der Waals surface area contributed by atoms with Crippen molar-refractivity contribution in [3.8, 4) is 0 Å². The Kier molecular flexibility index (Phi) is 6.16. The molecular weight excluding hydrogens is 350 g/mol. The first kappa shape index (κ1) is 14.7. The standard InChI is InChI=1S/C12H15Br2NO2/c1-2-5-15(6-7-16)12(17)10-4-3-9(13)8-11(10)14/h3-4,8,16H,2,5-7H2,1H3. The van der Waals surface area contributed by atoms with Crippen molar-refractivity contribution >= 4 is 37.8 Å². The maximum Gasteiger partial charge on any atom is 0.255 e. The predicted molar refractivity (Wildman–Crippen MR) is 75.1 cm³/mol. The third kappa shape index (κ3) is 4.08. The van der Waals surface area contributed by atoms with Gasteiger partial charge in [-0.25, -0.2) is 0 Å². The van der Waals surface area contributed by atoms with Gasteiger partial charge >= 0.3 is 0 Å². The summed E-state index contributed by atoms with van der Waals surface area (Å²) in [4.78, 5) is 13.9. The molecule has 0 unspecified atom stereocenters. The Balaban J connectivity index is 2.92. The topological polar surface area (TPSA) is 40.5 Å². The van der Waals surface area contributed by atoms with Gasteiger partial charge in [-0.05, 0) is 40.5 Å². The Bertz CT molecular complexity index is 390. The summed E-state index contributed by atoms with van der Waals surface area (Å²) in [5, 5.41) is 8.96. The first-order valence-electron chi connectivity index (χ1n) is 5.45. The molecule has 1 aromatic rings. The molecule has 1 N–H and O–H groups in total. The molecule has 0 radical (unpaired) electrons. The molecule has 5 heteroatoms. The summed E-state index contributed by atoms with van der Waals surface area (Å²) in [7, 11) is 0. The van der Waals surface area contributed by atoms with Crippen LogP contribution in [0, 0.1) is 0 Å². The highest BCUT2D eigenvalue weighted by molar-refractivity contribution is 9.11. The molecule has 0 aliphatic heterocycles. The van der Waals surface area contributed by atoms with Crippen LogP contribution in [-0.4, -0.2) is 35.6 Å². The quantitative estimate of drug-likeness (QED) is 0.872. The van der Waals surface area contributed by atoms with E-state index in [1.807, 2.05) is 19.1 Å². The third-order valence-corrected chi connectivity index (χ3v) is 3.46. The average Bonchev–Trinajstić information content (AvgIpc) is 2.28. The van der Waals surface area contributed by atoms with Gasteiger partial charge in [-0.2, -0.15) is 0 Å². The molecule has 1 rings (SSSR count). The van der Waals surface area contributed by atoms with Crippen molar-refractivity contribution in [2.45, 2.75) is 13.3 Å². The van der Waals surface area contributed by atoms with Crippen LogP contribution in [0.3, 0.4) is 0 Å². The predicted octanol–water partition coefficient (Wildman–Crippen LogP) is 3.06. The fraction of sp³-hybridized carbons (Fsp3) is 0.417. The lowest BCUT2D eigenvalue weighted by Crippen LogP contribution is -2.34. The van der Waals surface area contributed by atoms with Crippen LogP contribution in [-0.2, 0) is 0 Å². The molecule has 0 bridgehead atoms. The van der Waals surface area contributed by atoms with Crippen molar-refractivity contribution in [3.63, 3.8) is 0 Å². The molecule has 17 heavy (non-hydrogen) atoms. The minimum Gasteiger partial charge on any atom is -0.395 e. The number of carbonyl (C=O) groups is 1. The van der Waals surface area contributed by atoms with Crippen molar-refractivity contribution in [2.24, 2.45) is 0 Å². The normalized spacial score (nSPS) is 10.4. The highest BCUT2D eigenvalue weighted by Gasteiger charge is 2.17. The molecule has 0 spiro atoms. The summed E-state index contributed by atoms with van der Waals surface area (Å²) >= 11 is 6.73. The number of aliphatic hydroxyl groups excluding tert-OH is 1. The largest absolute Gasteiger partial charge is 0.395 e. The first-order valence-corrected chi connectivity index (χ1v) is 7.04. The number of aliphatic hydroxyl groups is 1. The van der Waals surface area contributed by atoms with Gasteiger partial charge in [0.05, 0.1) is 12.2 Å². The molecule has 0 aliphatic rings. The smallest absolute Gasteiger partial charge is 0.255 e. The van der Waals surface area contributed by atoms with E-state index in [-0.39, 0.29) is 12.5 Å². The van der Waals surface area contributed by atoms with Crippen molar-refractivity contribution in [1.29, 1.82) is 0 Å². The summed E-state index contributed by atoms with van der Waals surface area (Å²) in [6.07, 6.45) is 0.875. The van der Waals surface area contributed by atoms with Gasteiger partial charge in [0.15, 0.2) is 0 Å². The molecule has 0 aromatic heterocycles. The zero-order valence-corrected chi connectivity index (χ0v) is 12.8. The Hall–Kier alpha value is -0.390. The molecule has 0 aliphatic carbocycles. The highest BCUT2D eigenvalue weighted by Crippen LogP contribution is 2.23. The van der Waals surface area contributed by atoms with Crippen LogP contribution in [0.5, 0.6) is 0 Å². The van der Waals surface area contributed by atoms with Crippen molar-refractivity contribution in [3.05, 3.63) is 32.7 Å². The first-order chi connectivity index (χ1) is 8.10. The van der Waals surface area contributed by atoms with Gasteiger partial charge < -0.3 is 10.0 Å². The maximum atomic E-state index is 12.2. The van der Waals surface area contributed by atoms with E-state index in [1.165, 1.54) is 0 Å². The minimum atomic E-state index is -0.0553. The van der Waals surface area contributed by atoms with Crippen molar-refractivity contribution in [2.75, 3.05) is 19.7 Å². The number of hydrogen-bond donors (Lipinski definition) is 1. The van der Waals surface area contributed by atoms with Crippen molar-refractivity contribution in [1.82, 2.24) is 4.90 Å². The van der Waals surface area contributed by atoms with Gasteiger partial charge in [-0.15, -0.1) is 0 Å². The Morgan fingerprint density at radius 3 is 2.59 bits per heavy atom. The van der Waals surface area contributed by atoms with Crippen LogP contribution < -0.4 is 0 Å². The minimum absolute atomic E-state index is 0.0140. The summed E-state index contributed by atoms with van der Waals surface area (Å²) in [6.45, 7) is 3.02. The molecule has 0 heterocycles. The molecule has 94 valence electrons. The van der Waals surface area contributed by atoms with Gasteiger partial charge in [0.1, 0.15) is 0 Å². The Morgan fingerprint density at radius 2 is 2.06 bits per heavy atom. The van der Waals surface area contributed by atoms with E-state index in [1.54, 1.807) is 11.0 Å². The fourth-order valence-electron chi connectivity index (χ4n) is 1.54. The number of benzene rings is 1. The zero-order valence-electron chi connectivity index (χ0n) is 9.62. The Morgan fingerprint density at radius 1 is 1.35 bits per heavy atom. The van der Waals surface area contributed by atoms with Crippen LogP contribution in [0.4, 0.5) is 0 Å². The highest BCUT2D eigenvalue weighted by atomic mass is 79.9. The van der Waals surface area contributed by atoms with E-state index in [0.29, 0.717) is 18.7 Å². The molecule has 3 nitrogen and oxygen atoms in total. The number of carbonyl (C=O) groups excluding carboxylic acids is 1. The molecular formula is C12H15Br2NO2. The second-order valence-corrected chi connectivity index (χ2v) is 5.41. The summed E-state index contributed by atoms with van der Waals surface area (Å²) in [6, 6.07) is 5.45. The van der Waals surface area contributed by atoms with Gasteiger partial charge in [0.25, 0.3) is 5.91 Å². The monoisotopic (exact) mass is 363 g/mol. The summed E-state index contributed by atoms with van der Waals surface area (Å²) < 4.78 is 1.68. The fourth-order valence-corrected chi connectivity index (χ4v) is 2.76. The molecule has 1 amide bonds. The van der Waals surface area contributed by atoms with E-state index in [9.17, 15) is 4.79 Å². The average molecular weight is 365 g/mol. The SMILES string of the molecule is CCCN(CCO)C(=O)c1ccc(Br)cc1Br. The van der Waals surface area contributed by atoms with Gasteiger partial charge in [0, 0.05) is 22.0 Å².